The summed E-state index contributed by atoms with van der Waals surface area (Å²) in [6.07, 6.45) is 5.23. The Balaban J connectivity index is 2.47. The van der Waals surface area contributed by atoms with Crippen LogP contribution in [0.5, 0.6) is 0 Å². The molecule has 4 nitrogen and oxygen atoms in total. The van der Waals surface area contributed by atoms with Gasteiger partial charge in [-0.15, -0.1) is 0 Å². The summed E-state index contributed by atoms with van der Waals surface area (Å²) in [5.74, 6) is 0.474. The van der Waals surface area contributed by atoms with Crippen LogP contribution in [0.25, 0.3) is 0 Å². The second-order valence-corrected chi connectivity index (χ2v) is 3.57. The van der Waals surface area contributed by atoms with Gasteiger partial charge in [-0.05, 0) is 18.8 Å². The molecule has 1 saturated carbocycles. The van der Waals surface area contributed by atoms with Gasteiger partial charge in [0.05, 0.1) is 6.20 Å². The molecule has 0 bridgehead atoms. The minimum atomic E-state index is -0.176. The molecule has 0 spiro atoms. The SMILES string of the molecule is Cn1ncc(C2CCC2)c(N)c1=O. The predicted octanol–water partition coefficient (Wildman–Crippen LogP) is 0.630. The van der Waals surface area contributed by atoms with Crippen LogP contribution < -0.4 is 11.3 Å². The molecule has 0 saturated heterocycles. The van der Waals surface area contributed by atoms with Crippen LogP contribution in [0.15, 0.2) is 11.0 Å². The van der Waals surface area contributed by atoms with Crippen molar-refractivity contribution in [2.75, 3.05) is 5.73 Å². The van der Waals surface area contributed by atoms with Gasteiger partial charge in [0.15, 0.2) is 0 Å². The van der Waals surface area contributed by atoms with Gasteiger partial charge in [0.25, 0.3) is 5.56 Å². The van der Waals surface area contributed by atoms with Crippen LogP contribution >= 0.6 is 0 Å². The Kier molecular flexibility index (Phi) is 1.83. The molecule has 1 fully saturated rings. The van der Waals surface area contributed by atoms with Crippen molar-refractivity contribution in [2.45, 2.75) is 25.2 Å². The first-order valence-electron chi connectivity index (χ1n) is 4.52. The third-order valence-corrected chi connectivity index (χ3v) is 2.75. The monoisotopic (exact) mass is 179 g/mol. The Morgan fingerprint density at radius 2 is 2.31 bits per heavy atom. The standard InChI is InChI=1S/C9H13N3O/c1-12-9(13)8(10)7(5-11-12)6-3-2-4-6/h5-6H,2-4,10H2,1H3. The van der Waals surface area contributed by atoms with Crippen LogP contribution in [0.3, 0.4) is 0 Å². The van der Waals surface area contributed by atoms with E-state index in [1.807, 2.05) is 0 Å². The molecular weight excluding hydrogens is 166 g/mol. The predicted molar refractivity (Wildman–Crippen MR) is 50.5 cm³/mol. The fourth-order valence-electron chi connectivity index (χ4n) is 1.61. The lowest BCUT2D eigenvalue weighted by atomic mass is 9.80. The van der Waals surface area contributed by atoms with Crippen molar-refractivity contribution in [3.05, 3.63) is 22.1 Å². The average Bonchev–Trinajstić information content (AvgIpc) is 2.03. The molecule has 0 radical (unpaired) electrons. The fourth-order valence-corrected chi connectivity index (χ4v) is 1.61. The zero-order chi connectivity index (χ0) is 9.42. The lowest BCUT2D eigenvalue weighted by Crippen LogP contribution is -2.26. The van der Waals surface area contributed by atoms with E-state index in [9.17, 15) is 4.79 Å². The van der Waals surface area contributed by atoms with E-state index in [0.717, 1.165) is 18.4 Å². The molecule has 1 aliphatic rings. The van der Waals surface area contributed by atoms with Crippen LogP contribution in [-0.4, -0.2) is 9.78 Å². The van der Waals surface area contributed by atoms with E-state index in [-0.39, 0.29) is 5.56 Å². The van der Waals surface area contributed by atoms with Crippen molar-refractivity contribution in [2.24, 2.45) is 7.05 Å². The summed E-state index contributed by atoms with van der Waals surface area (Å²) in [4.78, 5) is 11.4. The molecule has 0 atom stereocenters. The van der Waals surface area contributed by atoms with Crippen LogP contribution in [0.2, 0.25) is 0 Å². The lowest BCUT2D eigenvalue weighted by Gasteiger charge is -2.26. The second-order valence-electron chi connectivity index (χ2n) is 3.57. The molecule has 70 valence electrons. The van der Waals surface area contributed by atoms with Gasteiger partial charge >= 0.3 is 0 Å². The van der Waals surface area contributed by atoms with Gasteiger partial charge in [-0.25, -0.2) is 4.68 Å². The highest BCUT2D eigenvalue weighted by atomic mass is 16.1. The lowest BCUT2D eigenvalue weighted by molar-refractivity contribution is 0.417. The summed E-state index contributed by atoms with van der Waals surface area (Å²) in [6, 6.07) is 0. The number of hydrogen-bond donors (Lipinski definition) is 1. The molecule has 1 aromatic heterocycles. The Bertz CT molecular complexity index is 379. The number of aromatic nitrogens is 2. The first-order chi connectivity index (χ1) is 6.20. The molecule has 1 aliphatic carbocycles. The van der Waals surface area contributed by atoms with Gasteiger partial charge in [-0.2, -0.15) is 5.10 Å². The minimum absolute atomic E-state index is 0.176. The van der Waals surface area contributed by atoms with Gasteiger partial charge in [-0.3, -0.25) is 4.79 Å². The van der Waals surface area contributed by atoms with Crippen molar-refractivity contribution in [3.8, 4) is 0 Å². The fraction of sp³-hybridized carbons (Fsp3) is 0.556. The third-order valence-electron chi connectivity index (χ3n) is 2.75. The normalized spacial score (nSPS) is 17.0. The molecule has 13 heavy (non-hydrogen) atoms. The number of rotatable bonds is 1. The smallest absolute Gasteiger partial charge is 0.289 e. The molecular formula is C9H13N3O. The Morgan fingerprint density at radius 3 is 2.85 bits per heavy atom. The van der Waals surface area contributed by atoms with Crippen LogP contribution in [0.4, 0.5) is 5.69 Å². The Labute approximate surface area is 76.4 Å². The molecule has 2 rings (SSSR count). The summed E-state index contributed by atoms with van der Waals surface area (Å²) in [5.41, 5.74) is 6.86. The largest absolute Gasteiger partial charge is 0.394 e. The number of aryl methyl sites for hydroxylation is 1. The average molecular weight is 179 g/mol. The molecule has 1 heterocycles. The Hall–Kier alpha value is -1.32. The zero-order valence-corrected chi connectivity index (χ0v) is 7.66. The Morgan fingerprint density at radius 1 is 1.62 bits per heavy atom. The highest BCUT2D eigenvalue weighted by Crippen LogP contribution is 2.37. The number of nitrogens with two attached hydrogens (primary N) is 1. The molecule has 0 aromatic carbocycles. The van der Waals surface area contributed by atoms with Crippen molar-refractivity contribution < 1.29 is 0 Å². The summed E-state index contributed by atoms with van der Waals surface area (Å²) in [5, 5.41) is 3.97. The van der Waals surface area contributed by atoms with E-state index in [1.54, 1.807) is 13.2 Å². The highest BCUT2D eigenvalue weighted by molar-refractivity contribution is 5.45. The second kappa shape index (κ2) is 2.87. The summed E-state index contributed by atoms with van der Waals surface area (Å²) < 4.78 is 1.28. The van der Waals surface area contributed by atoms with Gasteiger partial charge < -0.3 is 5.73 Å². The van der Waals surface area contributed by atoms with Gasteiger partial charge in [0.1, 0.15) is 5.69 Å². The van der Waals surface area contributed by atoms with E-state index in [0.29, 0.717) is 11.6 Å². The summed E-state index contributed by atoms with van der Waals surface area (Å²) in [6.45, 7) is 0. The molecule has 1 aromatic rings. The van der Waals surface area contributed by atoms with Gasteiger partial charge in [0.2, 0.25) is 0 Å². The third kappa shape index (κ3) is 1.22. The summed E-state index contributed by atoms with van der Waals surface area (Å²) in [7, 11) is 1.61. The maximum absolute atomic E-state index is 11.4. The van der Waals surface area contributed by atoms with E-state index in [2.05, 4.69) is 5.10 Å². The van der Waals surface area contributed by atoms with Crippen LogP contribution in [-0.2, 0) is 7.05 Å². The molecule has 2 N–H and O–H groups in total. The van der Waals surface area contributed by atoms with Crippen LogP contribution in [0, 0.1) is 0 Å². The maximum atomic E-state index is 11.4. The number of anilines is 1. The molecule has 0 aliphatic heterocycles. The number of nitrogens with zero attached hydrogens (tertiary/aromatic N) is 2. The zero-order valence-electron chi connectivity index (χ0n) is 7.66. The van der Waals surface area contributed by atoms with E-state index < -0.39 is 0 Å². The number of hydrogen-bond acceptors (Lipinski definition) is 3. The molecule has 0 unspecified atom stereocenters. The van der Waals surface area contributed by atoms with Crippen LogP contribution in [0.1, 0.15) is 30.7 Å². The van der Waals surface area contributed by atoms with Crippen molar-refractivity contribution >= 4 is 5.69 Å². The maximum Gasteiger partial charge on any atom is 0.289 e. The van der Waals surface area contributed by atoms with Gasteiger partial charge in [0, 0.05) is 12.6 Å². The van der Waals surface area contributed by atoms with E-state index in [4.69, 9.17) is 5.73 Å². The van der Waals surface area contributed by atoms with E-state index in [1.165, 1.54) is 11.1 Å². The molecule has 4 heteroatoms. The first kappa shape index (κ1) is 8.29. The topological polar surface area (TPSA) is 60.9 Å². The van der Waals surface area contributed by atoms with Crippen molar-refractivity contribution in [3.63, 3.8) is 0 Å². The number of nitrogen functional groups attached to an aromatic ring is 1. The summed E-state index contributed by atoms with van der Waals surface area (Å²) >= 11 is 0. The van der Waals surface area contributed by atoms with Crippen molar-refractivity contribution in [1.29, 1.82) is 0 Å². The van der Waals surface area contributed by atoms with E-state index >= 15 is 0 Å². The van der Waals surface area contributed by atoms with Crippen molar-refractivity contribution in [1.82, 2.24) is 9.78 Å². The minimum Gasteiger partial charge on any atom is -0.394 e. The highest BCUT2D eigenvalue weighted by Gasteiger charge is 2.23. The first-order valence-corrected chi connectivity index (χ1v) is 4.52. The quantitative estimate of drug-likeness (QED) is 0.687. The molecule has 0 amide bonds. The van der Waals surface area contributed by atoms with Gasteiger partial charge in [-0.1, -0.05) is 6.42 Å².